The monoisotopic (exact) mass is 612 g/mol. The molecule has 4 N–H and O–H groups in total. The maximum absolute atomic E-state index is 12.1. The number of para-hydroxylation sites is 1. The van der Waals surface area contributed by atoms with Gasteiger partial charge in [-0.15, -0.1) is 20.4 Å². The zero-order valence-corrected chi connectivity index (χ0v) is 23.5. The molecule has 1 saturated heterocycles. The van der Waals surface area contributed by atoms with Crippen LogP contribution in [-0.2, 0) is 17.8 Å². The molecule has 3 aromatic heterocycles. The number of thioether (sulfide) groups is 1. The van der Waals surface area contributed by atoms with Crippen molar-refractivity contribution in [1.29, 1.82) is 0 Å². The standard InChI is InChI=1S/C26H25ClN8O6S/c1-13(36)17-10-33(18-5-3-2-4-16(17)18)11-19-28-32-34(31-19)12-20-29-30-26(35(20)15-8-6-14(27)7-9-15)42-25-23(39)21(37)22(38)24(40)41-25/h2-10,21-25,37-40H,11-12H2,1H3. The number of aliphatic hydroxyl groups excluding tert-OH is 4. The summed E-state index contributed by atoms with van der Waals surface area (Å²) in [6.45, 7) is 1.87. The molecular formula is C26H25ClN8O6S. The lowest BCUT2D eigenvalue weighted by Crippen LogP contribution is -2.56. The number of ketones is 1. The Morgan fingerprint density at radius 2 is 1.74 bits per heavy atom. The van der Waals surface area contributed by atoms with Gasteiger partial charge < -0.3 is 29.7 Å². The predicted molar refractivity (Wildman–Crippen MR) is 149 cm³/mol. The second-order valence-electron chi connectivity index (χ2n) is 9.68. The van der Waals surface area contributed by atoms with E-state index < -0.39 is 30.0 Å². The number of Topliss-reactive ketones (excluding diaryl/α,β-unsaturated/α-hetero) is 1. The Morgan fingerprint density at radius 1 is 0.976 bits per heavy atom. The summed E-state index contributed by atoms with van der Waals surface area (Å²) in [6.07, 6.45) is -4.72. The molecule has 5 atom stereocenters. The van der Waals surface area contributed by atoms with Crippen molar-refractivity contribution in [1.82, 2.24) is 39.5 Å². The quantitative estimate of drug-likeness (QED) is 0.182. The molecule has 5 unspecified atom stereocenters. The van der Waals surface area contributed by atoms with Crippen molar-refractivity contribution < 1.29 is 30.0 Å². The Balaban J connectivity index is 1.28. The van der Waals surface area contributed by atoms with Crippen LogP contribution in [0.3, 0.4) is 0 Å². The van der Waals surface area contributed by atoms with Gasteiger partial charge in [-0.1, -0.05) is 41.6 Å². The molecular weight excluding hydrogens is 588 g/mol. The van der Waals surface area contributed by atoms with E-state index in [1.54, 1.807) is 35.0 Å². The van der Waals surface area contributed by atoms with Gasteiger partial charge >= 0.3 is 0 Å². The fourth-order valence-corrected chi connectivity index (χ4v) is 5.91. The lowest BCUT2D eigenvalue weighted by Gasteiger charge is -2.37. The summed E-state index contributed by atoms with van der Waals surface area (Å²) in [7, 11) is 0. The number of fused-ring (bicyclic) bond motifs is 1. The number of carbonyl (C=O) groups is 1. The maximum atomic E-state index is 12.1. The van der Waals surface area contributed by atoms with E-state index in [4.69, 9.17) is 16.3 Å². The molecule has 1 fully saturated rings. The second-order valence-corrected chi connectivity index (χ2v) is 11.2. The number of aromatic nitrogens is 8. The molecule has 0 saturated carbocycles. The van der Waals surface area contributed by atoms with Crippen LogP contribution in [0.25, 0.3) is 16.6 Å². The van der Waals surface area contributed by atoms with Gasteiger partial charge in [-0.25, -0.2) is 0 Å². The SMILES string of the molecule is CC(=O)c1cn(Cc2nnn(Cc3nnc(SC4OC(O)C(O)C(O)C4O)n3-c3ccc(Cl)cc3)n2)c2ccccc12. The minimum atomic E-state index is -1.70. The molecule has 4 heterocycles. The van der Waals surface area contributed by atoms with Crippen LogP contribution in [0.15, 0.2) is 59.9 Å². The molecule has 0 radical (unpaired) electrons. The minimum Gasteiger partial charge on any atom is -0.387 e. The smallest absolute Gasteiger partial charge is 0.198 e. The molecule has 5 aromatic rings. The Kier molecular flexibility index (Phi) is 7.80. The fourth-order valence-electron chi connectivity index (χ4n) is 4.70. The van der Waals surface area contributed by atoms with Crippen molar-refractivity contribution in [2.75, 3.05) is 0 Å². The van der Waals surface area contributed by atoms with Gasteiger partial charge in [0.2, 0.25) is 0 Å². The van der Waals surface area contributed by atoms with Crippen molar-refractivity contribution >= 4 is 40.0 Å². The first kappa shape index (κ1) is 28.4. The fraction of sp³-hybridized carbons (Fsp3) is 0.308. The number of nitrogens with zero attached hydrogens (tertiary/aromatic N) is 8. The Morgan fingerprint density at radius 3 is 2.50 bits per heavy atom. The second kappa shape index (κ2) is 11.5. The topological polar surface area (TPSA) is 186 Å². The largest absolute Gasteiger partial charge is 0.387 e. The van der Waals surface area contributed by atoms with E-state index in [1.807, 2.05) is 28.8 Å². The first-order valence-corrected chi connectivity index (χ1v) is 14.1. The summed E-state index contributed by atoms with van der Waals surface area (Å²) in [5, 5.41) is 63.4. The van der Waals surface area contributed by atoms with Gasteiger partial charge in [0.25, 0.3) is 0 Å². The summed E-state index contributed by atoms with van der Waals surface area (Å²) in [6, 6.07) is 14.5. The summed E-state index contributed by atoms with van der Waals surface area (Å²) in [5.74, 6) is 0.780. The molecule has 0 aliphatic carbocycles. The summed E-state index contributed by atoms with van der Waals surface area (Å²) in [4.78, 5) is 13.5. The highest BCUT2D eigenvalue weighted by atomic mass is 35.5. The molecule has 2 aromatic carbocycles. The molecule has 42 heavy (non-hydrogen) atoms. The normalized spacial score (nSPS) is 22.6. The molecule has 1 aliphatic heterocycles. The van der Waals surface area contributed by atoms with Crippen LogP contribution in [-0.4, -0.2) is 95.8 Å². The van der Waals surface area contributed by atoms with Gasteiger partial charge in [0.05, 0.1) is 6.54 Å². The number of hydrogen-bond donors (Lipinski definition) is 4. The van der Waals surface area contributed by atoms with Crippen molar-refractivity contribution in [2.45, 2.75) is 55.2 Å². The number of hydrogen-bond acceptors (Lipinski definition) is 12. The van der Waals surface area contributed by atoms with E-state index in [0.717, 1.165) is 22.7 Å². The Hall–Kier alpha value is -3.70. The predicted octanol–water partition coefficient (Wildman–Crippen LogP) is 1.01. The van der Waals surface area contributed by atoms with E-state index in [-0.39, 0.29) is 24.0 Å². The van der Waals surface area contributed by atoms with Crippen LogP contribution >= 0.6 is 23.4 Å². The first-order valence-electron chi connectivity index (χ1n) is 12.8. The first-order chi connectivity index (χ1) is 20.2. The van der Waals surface area contributed by atoms with Gasteiger partial charge in [0, 0.05) is 33.4 Å². The van der Waals surface area contributed by atoms with Gasteiger partial charge in [0.1, 0.15) is 30.3 Å². The van der Waals surface area contributed by atoms with E-state index in [0.29, 0.717) is 27.9 Å². The van der Waals surface area contributed by atoms with E-state index >= 15 is 0 Å². The molecule has 0 amide bonds. The third-order valence-corrected chi connectivity index (χ3v) is 8.16. The van der Waals surface area contributed by atoms with Crippen LogP contribution in [0, 0.1) is 0 Å². The molecule has 1 aliphatic rings. The van der Waals surface area contributed by atoms with Crippen molar-refractivity contribution in [3.63, 3.8) is 0 Å². The summed E-state index contributed by atoms with van der Waals surface area (Å²) < 4.78 is 8.89. The maximum Gasteiger partial charge on any atom is 0.198 e. The zero-order valence-electron chi connectivity index (χ0n) is 22.0. The highest BCUT2D eigenvalue weighted by Gasteiger charge is 2.44. The molecule has 218 valence electrons. The van der Waals surface area contributed by atoms with Gasteiger partial charge in [0.15, 0.2) is 28.9 Å². The lowest BCUT2D eigenvalue weighted by molar-refractivity contribution is -0.261. The number of ether oxygens (including phenoxy) is 1. The van der Waals surface area contributed by atoms with E-state index in [2.05, 4.69) is 25.6 Å². The average molecular weight is 613 g/mol. The van der Waals surface area contributed by atoms with Crippen molar-refractivity contribution in [3.8, 4) is 5.69 Å². The highest BCUT2D eigenvalue weighted by molar-refractivity contribution is 7.99. The number of carbonyl (C=O) groups excluding carboxylic acids is 1. The van der Waals surface area contributed by atoms with Crippen LogP contribution in [0.1, 0.15) is 28.9 Å². The van der Waals surface area contributed by atoms with Crippen LogP contribution < -0.4 is 0 Å². The average Bonchev–Trinajstić information content (AvgIpc) is 3.69. The number of rotatable bonds is 8. The van der Waals surface area contributed by atoms with Crippen LogP contribution in [0.2, 0.25) is 5.02 Å². The Bertz CT molecular complexity index is 1740. The molecule has 0 spiro atoms. The number of aliphatic hydroxyl groups is 4. The van der Waals surface area contributed by atoms with E-state index in [9.17, 15) is 25.2 Å². The van der Waals surface area contributed by atoms with Gasteiger partial charge in [-0.3, -0.25) is 9.36 Å². The summed E-state index contributed by atoms with van der Waals surface area (Å²) in [5.41, 5.74) is 0.955. The van der Waals surface area contributed by atoms with E-state index in [1.165, 1.54) is 11.7 Å². The van der Waals surface area contributed by atoms with Crippen LogP contribution in [0.4, 0.5) is 0 Å². The van der Waals surface area contributed by atoms with Gasteiger partial charge in [-0.2, -0.15) is 4.80 Å². The molecule has 6 rings (SSSR count). The van der Waals surface area contributed by atoms with Gasteiger partial charge in [-0.05, 0) is 42.5 Å². The third kappa shape index (κ3) is 5.43. The molecule has 14 nitrogen and oxygen atoms in total. The number of benzene rings is 2. The van der Waals surface area contributed by atoms with Crippen molar-refractivity contribution in [2.24, 2.45) is 0 Å². The van der Waals surface area contributed by atoms with Crippen molar-refractivity contribution in [3.05, 3.63) is 77.0 Å². The number of tetrazole rings is 1. The van der Waals surface area contributed by atoms with Crippen LogP contribution in [0.5, 0.6) is 0 Å². The molecule has 16 heteroatoms. The molecule has 0 bridgehead atoms. The highest BCUT2D eigenvalue weighted by Crippen LogP contribution is 2.34. The Labute approximate surface area is 247 Å². The number of halogens is 1. The summed E-state index contributed by atoms with van der Waals surface area (Å²) >= 11 is 7.00. The minimum absolute atomic E-state index is 0.0388. The zero-order chi connectivity index (χ0) is 29.5. The third-order valence-electron chi connectivity index (χ3n) is 6.81. The lowest BCUT2D eigenvalue weighted by atomic mass is 10.1.